The molecule has 2 aliphatic carbocycles. The number of fused-ring (bicyclic) bond motifs is 1. The van der Waals surface area contributed by atoms with Gasteiger partial charge >= 0.3 is 0 Å². The van der Waals surface area contributed by atoms with Crippen LogP contribution in [0.5, 0.6) is 0 Å². The summed E-state index contributed by atoms with van der Waals surface area (Å²) in [6.07, 6.45) is 8.00. The van der Waals surface area contributed by atoms with Crippen molar-refractivity contribution in [3.63, 3.8) is 0 Å². The second-order valence-electron chi connectivity index (χ2n) is 7.23. The quantitative estimate of drug-likeness (QED) is 0.673. The Morgan fingerprint density at radius 3 is 2.41 bits per heavy atom. The van der Waals surface area contributed by atoms with E-state index in [9.17, 15) is 5.11 Å². The van der Waals surface area contributed by atoms with Crippen LogP contribution in [-0.2, 0) is 0 Å². The van der Waals surface area contributed by atoms with Crippen molar-refractivity contribution in [3.05, 3.63) is 11.6 Å². The largest absolute Gasteiger partial charge is 0.389 e. The fourth-order valence-corrected chi connectivity index (χ4v) is 4.26. The van der Waals surface area contributed by atoms with Gasteiger partial charge in [-0.3, -0.25) is 0 Å². The van der Waals surface area contributed by atoms with E-state index in [1.165, 1.54) is 12.0 Å². The zero-order valence-electron chi connectivity index (χ0n) is 12.1. The molecule has 0 bridgehead atoms. The van der Waals surface area contributed by atoms with Gasteiger partial charge in [-0.15, -0.1) is 0 Å². The van der Waals surface area contributed by atoms with Crippen LogP contribution in [-0.4, -0.2) is 10.7 Å². The molecule has 1 fully saturated rings. The van der Waals surface area contributed by atoms with Gasteiger partial charge in [-0.25, -0.2) is 0 Å². The van der Waals surface area contributed by atoms with Crippen molar-refractivity contribution in [2.75, 3.05) is 0 Å². The monoisotopic (exact) mass is 236 g/mol. The van der Waals surface area contributed by atoms with E-state index < -0.39 is 5.60 Å². The Hall–Kier alpha value is -0.300. The molecule has 0 aromatic carbocycles. The van der Waals surface area contributed by atoms with Gasteiger partial charge in [-0.1, -0.05) is 39.3 Å². The number of aliphatic hydroxyl groups is 1. The molecule has 1 saturated carbocycles. The van der Waals surface area contributed by atoms with E-state index in [1.807, 2.05) is 0 Å². The first-order valence-electron chi connectivity index (χ1n) is 7.13. The maximum Gasteiger partial charge on any atom is 0.0729 e. The van der Waals surface area contributed by atoms with Crippen molar-refractivity contribution in [2.45, 2.75) is 72.3 Å². The molecule has 3 atom stereocenters. The highest BCUT2D eigenvalue weighted by atomic mass is 16.3. The lowest BCUT2D eigenvalue weighted by Crippen LogP contribution is -2.51. The molecule has 0 unspecified atom stereocenters. The Labute approximate surface area is 106 Å². The minimum absolute atomic E-state index is 0.0719. The van der Waals surface area contributed by atoms with E-state index in [4.69, 9.17) is 0 Å². The number of rotatable bonds is 1. The predicted molar refractivity (Wildman–Crippen MR) is 72.8 cm³/mol. The molecule has 0 saturated heterocycles. The molecule has 0 aliphatic heterocycles. The van der Waals surface area contributed by atoms with E-state index in [0.717, 1.165) is 25.7 Å². The molecule has 0 aromatic rings. The summed E-state index contributed by atoms with van der Waals surface area (Å²) in [6, 6.07) is 0. The lowest BCUT2D eigenvalue weighted by molar-refractivity contribution is -0.126. The van der Waals surface area contributed by atoms with E-state index in [2.05, 4.69) is 40.7 Å². The Balaban J connectivity index is 2.43. The average Bonchev–Trinajstić information content (AvgIpc) is 2.39. The summed E-state index contributed by atoms with van der Waals surface area (Å²) in [5.74, 6) is 0.354. The minimum Gasteiger partial charge on any atom is -0.389 e. The third-order valence-corrected chi connectivity index (χ3v) is 6.22. The summed E-state index contributed by atoms with van der Waals surface area (Å²) in [4.78, 5) is 0. The van der Waals surface area contributed by atoms with Gasteiger partial charge in [0.15, 0.2) is 0 Å². The first kappa shape index (κ1) is 13.1. The van der Waals surface area contributed by atoms with Gasteiger partial charge in [0, 0.05) is 5.41 Å². The third kappa shape index (κ3) is 1.62. The van der Waals surface area contributed by atoms with Crippen LogP contribution >= 0.6 is 0 Å². The summed E-state index contributed by atoms with van der Waals surface area (Å²) < 4.78 is 0. The molecule has 0 heterocycles. The topological polar surface area (TPSA) is 20.2 Å². The van der Waals surface area contributed by atoms with Crippen LogP contribution in [0.25, 0.3) is 0 Å². The lowest BCUT2D eigenvalue weighted by Gasteiger charge is -2.50. The fraction of sp³-hybridized carbons (Fsp3) is 0.875. The van der Waals surface area contributed by atoms with Crippen LogP contribution in [0.2, 0.25) is 0 Å². The van der Waals surface area contributed by atoms with Gasteiger partial charge < -0.3 is 5.11 Å². The molecule has 98 valence electrons. The van der Waals surface area contributed by atoms with Crippen LogP contribution in [0.1, 0.15) is 66.7 Å². The highest BCUT2D eigenvalue weighted by Gasteiger charge is 2.62. The zero-order chi connectivity index (χ0) is 12.9. The number of allylic oxidation sites excluding steroid dienone is 2. The number of hydrogen-bond acceptors (Lipinski definition) is 1. The van der Waals surface area contributed by atoms with E-state index in [1.54, 1.807) is 0 Å². The molecule has 17 heavy (non-hydrogen) atoms. The van der Waals surface area contributed by atoms with Gasteiger partial charge in [0.05, 0.1) is 5.60 Å². The Kier molecular flexibility index (Phi) is 2.97. The molecule has 1 N–H and O–H groups in total. The van der Waals surface area contributed by atoms with Crippen LogP contribution in [0, 0.1) is 16.7 Å². The SMILES string of the molecule is CC1=CC[C@@]2(C)CC[C@@](O)(C(C)C)[C@]2(C)CC1. The second kappa shape index (κ2) is 3.85. The first-order valence-corrected chi connectivity index (χ1v) is 7.13. The Morgan fingerprint density at radius 1 is 1.18 bits per heavy atom. The summed E-state index contributed by atoms with van der Waals surface area (Å²) in [5, 5.41) is 11.2. The highest BCUT2D eigenvalue weighted by Crippen LogP contribution is 2.65. The summed E-state index contributed by atoms with van der Waals surface area (Å²) >= 11 is 0. The Bertz CT molecular complexity index is 343. The van der Waals surface area contributed by atoms with Crippen molar-refractivity contribution >= 4 is 0 Å². The second-order valence-corrected chi connectivity index (χ2v) is 7.23. The summed E-state index contributed by atoms with van der Waals surface area (Å²) in [5.41, 5.74) is 1.39. The zero-order valence-corrected chi connectivity index (χ0v) is 12.1. The van der Waals surface area contributed by atoms with Crippen molar-refractivity contribution in [3.8, 4) is 0 Å². The van der Waals surface area contributed by atoms with E-state index in [0.29, 0.717) is 5.92 Å². The van der Waals surface area contributed by atoms with Gasteiger partial charge in [-0.2, -0.15) is 0 Å². The standard InChI is InChI=1S/C16H28O/c1-12(2)16(17)11-10-14(4)8-6-13(3)7-9-15(14,16)5/h6,12,17H,7-11H2,1-5H3/t14-,15+,16+/m0/s1. The van der Waals surface area contributed by atoms with Crippen LogP contribution in [0.3, 0.4) is 0 Å². The maximum absolute atomic E-state index is 11.2. The van der Waals surface area contributed by atoms with Crippen molar-refractivity contribution < 1.29 is 5.11 Å². The minimum atomic E-state index is -0.472. The van der Waals surface area contributed by atoms with Crippen molar-refractivity contribution in [1.29, 1.82) is 0 Å². The summed E-state index contributed by atoms with van der Waals surface area (Å²) in [6.45, 7) is 11.3. The van der Waals surface area contributed by atoms with E-state index in [-0.39, 0.29) is 10.8 Å². The molecule has 0 spiro atoms. The van der Waals surface area contributed by atoms with Gasteiger partial charge in [0.25, 0.3) is 0 Å². The molecule has 1 nitrogen and oxygen atoms in total. The van der Waals surface area contributed by atoms with Crippen LogP contribution < -0.4 is 0 Å². The molecular formula is C16H28O. The van der Waals surface area contributed by atoms with Gasteiger partial charge in [-0.05, 0) is 50.4 Å². The lowest BCUT2D eigenvalue weighted by atomic mass is 9.57. The molecule has 0 aromatic heterocycles. The maximum atomic E-state index is 11.2. The number of hydrogen-bond donors (Lipinski definition) is 1. The molecule has 2 aliphatic rings. The van der Waals surface area contributed by atoms with Crippen molar-refractivity contribution in [1.82, 2.24) is 0 Å². The Morgan fingerprint density at radius 2 is 1.82 bits per heavy atom. The molecule has 2 rings (SSSR count). The van der Waals surface area contributed by atoms with Gasteiger partial charge in [0.2, 0.25) is 0 Å². The van der Waals surface area contributed by atoms with E-state index >= 15 is 0 Å². The van der Waals surface area contributed by atoms with Crippen LogP contribution in [0.4, 0.5) is 0 Å². The predicted octanol–water partition coefficient (Wildman–Crippen LogP) is 4.31. The smallest absolute Gasteiger partial charge is 0.0729 e. The van der Waals surface area contributed by atoms with Crippen LogP contribution in [0.15, 0.2) is 11.6 Å². The molecular weight excluding hydrogens is 208 g/mol. The third-order valence-electron chi connectivity index (χ3n) is 6.22. The highest BCUT2D eigenvalue weighted by molar-refractivity contribution is 5.18. The first-order chi connectivity index (χ1) is 7.75. The normalized spacial score (nSPS) is 46.6. The van der Waals surface area contributed by atoms with Crippen molar-refractivity contribution in [2.24, 2.45) is 16.7 Å². The molecule has 1 heteroatoms. The molecule has 0 amide bonds. The van der Waals surface area contributed by atoms with Gasteiger partial charge in [0.1, 0.15) is 0 Å². The fourth-order valence-electron chi connectivity index (χ4n) is 4.26. The summed E-state index contributed by atoms with van der Waals surface area (Å²) in [7, 11) is 0. The average molecular weight is 236 g/mol. The molecule has 0 radical (unpaired) electrons.